The molecular weight excluding hydrogens is 128 g/mol. The first kappa shape index (κ1) is 8.02. The van der Waals surface area contributed by atoms with Gasteiger partial charge in [0, 0.05) is 5.41 Å². The lowest BCUT2D eigenvalue weighted by Crippen LogP contribution is -2.44. The average Bonchev–Trinajstić information content (AvgIpc) is 1.86. The van der Waals surface area contributed by atoms with Gasteiger partial charge in [0.15, 0.2) is 0 Å². The van der Waals surface area contributed by atoms with Gasteiger partial charge in [-0.1, -0.05) is 13.3 Å². The van der Waals surface area contributed by atoms with Gasteiger partial charge in [-0.25, -0.2) is 0 Å². The van der Waals surface area contributed by atoms with Gasteiger partial charge in [0.2, 0.25) is 0 Å². The number of hydrogen-bond donors (Lipinski definition) is 2. The van der Waals surface area contributed by atoms with Crippen molar-refractivity contribution in [2.45, 2.75) is 38.7 Å². The maximum atomic E-state index is 9.47. The van der Waals surface area contributed by atoms with Gasteiger partial charge in [-0.3, -0.25) is 0 Å². The van der Waals surface area contributed by atoms with Crippen LogP contribution in [0.25, 0.3) is 0 Å². The van der Waals surface area contributed by atoms with Gasteiger partial charge in [-0.2, -0.15) is 0 Å². The molecule has 0 unspecified atom stereocenters. The normalized spacial score (nSPS) is 25.5. The van der Waals surface area contributed by atoms with Crippen molar-refractivity contribution in [2.24, 2.45) is 5.41 Å². The van der Waals surface area contributed by atoms with E-state index in [1.165, 1.54) is 0 Å². The molecule has 2 nitrogen and oxygen atoms in total. The van der Waals surface area contributed by atoms with Crippen molar-refractivity contribution in [3.05, 3.63) is 0 Å². The van der Waals surface area contributed by atoms with Crippen LogP contribution in [0, 0.1) is 5.41 Å². The molecule has 1 saturated carbocycles. The first-order valence-corrected chi connectivity index (χ1v) is 4.04. The minimum atomic E-state index is -0.286. The minimum absolute atomic E-state index is 0.116. The van der Waals surface area contributed by atoms with Crippen molar-refractivity contribution in [1.82, 2.24) is 0 Å². The molecule has 0 aromatic heterocycles. The second-order valence-corrected chi connectivity index (χ2v) is 3.30. The summed E-state index contributed by atoms with van der Waals surface area (Å²) >= 11 is 0. The zero-order chi connectivity index (χ0) is 7.61. The van der Waals surface area contributed by atoms with Crippen LogP contribution >= 0.6 is 0 Å². The fourth-order valence-corrected chi connectivity index (χ4v) is 1.66. The van der Waals surface area contributed by atoms with Gasteiger partial charge in [0.25, 0.3) is 0 Å². The van der Waals surface area contributed by atoms with Crippen LogP contribution in [0.2, 0.25) is 0 Å². The highest BCUT2D eigenvalue weighted by atomic mass is 16.3. The number of rotatable bonds is 3. The lowest BCUT2D eigenvalue weighted by molar-refractivity contribution is -0.0721. The van der Waals surface area contributed by atoms with Crippen molar-refractivity contribution in [1.29, 1.82) is 0 Å². The van der Waals surface area contributed by atoms with E-state index >= 15 is 0 Å². The second-order valence-electron chi connectivity index (χ2n) is 3.30. The molecule has 2 N–H and O–H groups in total. The summed E-state index contributed by atoms with van der Waals surface area (Å²) in [5, 5.41) is 18.4. The molecule has 0 radical (unpaired) electrons. The highest BCUT2D eigenvalue weighted by Gasteiger charge is 2.41. The Morgan fingerprint density at radius 3 is 2.20 bits per heavy atom. The molecule has 0 amide bonds. The fraction of sp³-hybridized carbons (Fsp3) is 1.00. The van der Waals surface area contributed by atoms with Crippen LogP contribution in [0.5, 0.6) is 0 Å². The van der Waals surface area contributed by atoms with Crippen molar-refractivity contribution in [3.63, 3.8) is 0 Å². The second kappa shape index (κ2) is 2.89. The quantitative estimate of drug-likeness (QED) is 0.618. The third-order valence-electron chi connectivity index (χ3n) is 2.76. The van der Waals surface area contributed by atoms with Gasteiger partial charge in [0.1, 0.15) is 0 Å². The topological polar surface area (TPSA) is 40.5 Å². The largest absolute Gasteiger partial charge is 0.396 e. The summed E-state index contributed by atoms with van der Waals surface area (Å²) in [6.07, 6.45) is 3.64. The standard InChI is InChI=1S/C8H16O2/c1-2-7(10)8(6-9)4-3-5-8/h7,9-10H,2-6H2,1H3/t7-/m0/s1. The van der Waals surface area contributed by atoms with Crippen LogP contribution in [0.1, 0.15) is 32.6 Å². The molecule has 0 spiro atoms. The summed E-state index contributed by atoms with van der Waals surface area (Å²) in [7, 11) is 0. The van der Waals surface area contributed by atoms with Gasteiger partial charge < -0.3 is 10.2 Å². The molecule has 0 heterocycles. The molecule has 0 saturated heterocycles. The molecule has 10 heavy (non-hydrogen) atoms. The number of aliphatic hydroxyl groups excluding tert-OH is 2. The number of aliphatic hydroxyl groups is 2. The Labute approximate surface area is 61.9 Å². The molecule has 1 fully saturated rings. The Morgan fingerprint density at radius 2 is 2.10 bits per heavy atom. The molecule has 0 bridgehead atoms. The van der Waals surface area contributed by atoms with E-state index < -0.39 is 0 Å². The highest BCUT2D eigenvalue weighted by Crippen LogP contribution is 2.44. The summed E-state index contributed by atoms with van der Waals surface area (Å²) < 4.78 is 0. The minimum Gasteiger partial charge on any atom is -0.396 e. The molecule has 1 aliphatic rings. The molecule has 2 heteroatoms. The molecule has 1 atom stereocenters. The fourth-order valence-electron chi connectivity index (χ4n) is 1.66. The summed E-state index contributed by atoms with van der Waals surface area (Å²) in [4.78, 5) is 0. The molecule has 0 aliphatic heterocycles. The van der Waals surface area contributed by atoms with Crippen molar-refractivity contribution in [3.8, 4) is 0 Å². The van der Waals surface area contributed by atoms with Crippen LogP contribution in [0.3, 0.4) is 0 Å². The van der Waals surface area contributed by atoms with E-state index in [4.69, 9.17) is 5.11 Å². The SMILES string of the molecule is CC[C@H](O)C1(CO)CCC1. The molecule has 60 valence electrons. The smallest absolute Gasteiger partial charge is 0.0615 e. The van der Waals surface area contributed by atoms with E-state index in [1.807, 2.05) is 6.92 Å². The highest BCUT2D eigenvalue weighted by molar-refractivity contribution is 4.92. The van der Waals surface area contributed by atoms with Crippen LogP contribution < -0.4 is 0 Å². The van der Waals surface area contributed by atoms with E-state index in [0.29, 0.717) is 0 Å². The monoisotopic (exact) mass is 144 g/mol. The van der Waals surface area contributed by atoms with E-state index in [1.54, 1.807) is 0 Å². The van der Waals surface area contributed by atoms with Crippen molar-refractivity contribution >= 4 is 0 Å². The average molecular weight is 144 g/mol. The van der Waals surface area contributed by atoms with Crippen LogP contribution in [0.4, 0.5) is 0 Å². The lowest BCUT2D eigenvalue weighted by atomic mass is 9.65. The summed E-state index contributed by atoms with van der Waals surface area (Å²) in [6.45, 7) is 2.11. The Hall–Kier alpha value is -0.0800. The zero-order valence-corrected chi connectivity index (χ0v) is 6.51. The van der Waals surface area contributed by atoms with E-state index in [2.05, 4.69) is 0 Å². The molecule has 1 rings (SSSR count). The Morgan fingerprint density at radius 1 is 1.50 bits per heavy atom. The molecule has 0 aromatic rings. The predicted molar refractivity (Wildman–Crippen MR) is 39.7 cm³/mol. The Bertz CT molecular complexity index is 102. The van der Waals surface area contributed by atoms with Gasteiger partial charge in [-0.15, -0.1) is 0 Å². The predicted octanol–water partition coefficient (Wildman–Crippen LogP) is 0.920. The van der Waals surface area contributed by atoms with Crippen LogP contribution in [-0.2, 0) is 0 Å². The van der Waals surface area contributed by atoms with Crippen molar-refractivity contribution in [2.75, 3.05) is 6.61 Å². The van der Waals surface area contributed by atoms with Gasteiger partial charge in [-0.05, 0) is 19.3 Å². The maximum Gasteiger partial charge on any atom is 0.0615 e. The Balaban J connectivity index is 2.46. The molecular formula is C8H16O2. The first-order valence-electron chi connectivity index (χ1n) is 4.04. The van der Waals surface area contributed by atoms with E-state index in [0.717, 1.165) is 25.7 Å². The third-order valence-corrected chi connectivity index (χ3v) is 2.76. The molecule has 1 aliphatic carbocycles. The van der Waals surface area contributed by atoms with Crippen LogP contribution in [-0.4, -0.2) is 22.9 Å². The summed E-state index contributed by atoms with van der Waals surface area (Å²) in [6, 6.07) is 0. The van der Waals surface area contributed by atoms with Gasteiger partial charge in [0.05, 0.1) is 12.7 Å². The maximum absolute atomic E-state index is 9.47. The lowest BCUT2D eigenvalue weighted by Gasteiger charge is -2.43. The summed E-state index contributed by atoms with van der Waals surface area (Å²) in [5.41, 5.74) is -0.116. The van der Waals surface area contributed by atoms with Gasteiger partial charge >= 0.3 is 0 Å². The zero-order valence-electron chi connectivity index (χ0n) is 6.51. The van der Waals surface area contributed by atoms with E-state index in [-0.39, 0.29) is 18.1 Å². The van der Waals surface area contributed by atoms with Crippen LogP contribution in [0.15, 0.2) is 0 Å². The number of hydrogen-bond acceptors (Lipinski definition) is 2. The van der Waals surface area contributed by atoms with Crippen molar-refractivity contribution < 1.29 is 10.2 Å². The molecule has 0 aromatic carbocycles. The third kappa shape index (κ3) is 1.06. The Kier molecular flexibility index (Phi) is 2.32. The van der Waals surface area contributed by atoms with E-state index in [9.17, 15) is 5.11 Å². The summed E-state index contributed by atoms with van der Waals surface area (Å²) in [5.74, 6) is 0. The first-order chi connectivity index (χ1) is 4.75.